The summed E-state index contributed by atoms with van der Waals surface area (Å²) in [5.74, 6) is 0.368. The Morgan fingerprint density at radius 3 is 2.47 bits per heavy atom. The zero-order chi connectivity index (χ0) is 30.4. The quantitative estimate of drug-likeness (QED) is 0.273. The minimum Gasteiger partial charge on any atom is -0.350 e. The minimum atomic E-state index is -0.306. The predicted octanol–water partition coefficient (Wildman–Crippen LogP) is 6.63. The maximum atomic E-state index is 14.2. The van der Waals surface area contributed by atoms with Crippen LogP contribution in [0, 0.1) is 0 Å². The summed E-state index contributed by atoms with van der Waals surface area (Å²) in [7, 11) is 0. The van der Waals surface area contributed by atoms with Crippen molar-refractivity contribution in [2.45, 2.75) is 82.8 Å². The number of nitrogens with one attached hydrogen (secondary N) is 2. The van der Waals surface area contributed by atoms with Gasteiger partial charge >= 0.3 is 0 Å². The molecule has 6 nitrogen and oxygen atoms in total. The monoisotopic (exact) mass is 602 g/mol. The van der Waals surface area contributed by atoms with E-state index >= 15 is 0 Å². The fraction of sp³-hybridized carbons (Fsp3) is 0.500. The van der Waals surface area contributed by atoms with Gasteiger partial charge in [-0.15, -0.1) is 0 Å². The number of nitrogens with zero attached hydrogens (tertiary/aromatic N) is 2. The number of hydrogen-bond donors (Lipinski definition) is 2. The lowest BCUT2D eigenvalue weighted by Crippen LogP contribution is -2.56. The Morgan fingerprint density at radius 2 is 1.72 bits per heavy atom. The van der Waals surface area contributed by atoms with Gasteiger partial charge in [-0.3, -0.25) is 14.5 Å². The van der Waals surface area contributed by atoms with E-state index in [0.717, 1.165) is 43.1 Å². The average molecular weight is 603 g/mol. The predicted molar refractivity (Wildman–Crippen MR) is 177 cm³/mol. The normalized spacial score (nSPS) is 21.0. The Hall–Kier alpha value is -2.93. The van der Waals surface area contributed by atoms with Crippen molar-refractivity contribution in [1.29, 1.82) is 0 Å². The lowest BCUT2D eigenvalue weighted by Gasteiger charge is -2.43. The largest absolute Gasteiger partial charge is 0.350 e. The van der Waals surface area contributed by atoms with Gasteiger partial charge < -0.3 is 15.5 Å². The maximum Gasteiger partial charge on any atom is 0.251 e. The number of fused-ring (bicyclic) bond motifs is 1. The van der Waals surface area contributed by atoms with Crippen LogP contribution in [0.4, 0.5) is 0 Å². The first-order chi connectivity index (χ1) is 20.7. The number of hydrogen-bond acceptors (Lipinski definition) is 4. The lowest BCUT2D eigenvalue weighted by molar-refractivity contribution is -0.134. The third-order valence-corrected chi connectivity index (χ3v) is 9.72. The molecule has 3 aromatic carbocycles. The van der Waals surface area contributed by atoms with Crippen LogP contribution in [0.15, 0.2) is 66.7 Å². The van der Waals surface area contributed by atoms with E-state index in [2.05, 4.69) is 65.5 Å². The number of benzene rings is 3. The van der Waals surface area contributed by atoms with E-state index < -0.39 is 0 Å². The number of rotatable bonds is 10. The van der Waals surface area contributed by atoms with Gasteiger partial charge in [-0.2, -0.15) is 0 Å². The van der Waals surface area contributed by atoms with E-state index in [9.17, 15) is 9.59 Å². The molecule has 2 saturated heterocycles. The topological polar surface area (TPSA) is 64.7 Å². The van der Waals surface area contributed by atoms with Gasteiger partial charge in [0.1, 0.15) is 0 Å². The zero-order valence-electron chi connectivity index (χ0n) is 25.9. The molecule has 2 amide bonds. The molecule has 0 saturated carbocycles. The Balaban J connectivity index is 1.31. The van der Waals surface area contributed by atoms with Crippen molar-refractivity contribution in [3.63, 3.8) is 0 Å². The molecule has 5 rings (SSSR count). The Labute approximate surface area is 262 Å². The van der Waals surface area contributed by atoms with Crippen molar-refractivity contribution >= 4 is 34.2 Å². The van der Waals surface area contributed by atoms with Crippen molar-refractivity contribution in [2.75, 3.05) is 32.7 Å². The third-order valence-electron chi connectivity index (χ3n) is 9.49. The van der Waals surface area contributed by atoms with Crippen molar-refractivity contribution in [2.24, 2.45) is 0 Å². The molecular formula is C36H47ClN4O2. The van der Waals surface area contributed by atoms with Crippen LogP contribution in [0.25, 0.3) is 10.8 Å². The molecule has 1 unspecified atom stereocenters. The van der Waals surface area contributed by atoms with E-state index in [1.165, 1.54) is 24.8 Å². The fourth-order valence-corrected chi connectivity index (χ4v) is 7.02. The lowest BCUT2D eigenvalue weighted by atomic mass is 9.90. The Bertz CT molecular complexity index is 1390. The molecule has 2 aliphatic rings. The molecule has 2 heterocycles. The van der Waals surface area contributed by atoms with Crippen molar-refractivity contribution in [3.8, 4) is 0 Å². The number of halogens is 1. The van der Waals surface area contributed by atoms with Gasteiger partial charge in [0.2, 0.25) is 5.91 Å². The second-order valence-corrected chi connectivity index (χ2v) is 13.4. The molecule has 0 spiro atoms. The Morgan fingerprint density at radius 1 is 1.00 bits per heavy atom. The third kappa shape index (κ3) is 7.97. The molecule has 230 valence electrons. The van der Waals surface area contributed by atoms with Crippen LogP contribution in [-0.2, 0) is 4.79 Å². The summed E-state index contributed by atoms with van der Waals surface area (Å²) >= 11 is 6.14. The number of carbonyl (C=O) groups is 2. The van der Waals surface area contributed by atoms with Crippen molar-refractivity contribution in [1.82, 2.24) is 20.4 Å². The molecule has 0 aromatic heterocycles. The Kier molecular flexibility index (Phi) is 10.4. The number of likely N-dealkylation sites (tertiary alicyclic amines) is 1. The van der Waals surface area contributed by atoms with Crippen LogP contribution in [-0.4, -0.2) is 72.0 Å². The molecule has 2 N–H and O–H groups in total. The zero-order valence-corrected chi connectivity index (χ0v) is 26.7. The fourth-order valence-electron chi connectivity index (χ4n) is 6.83. The average Bonchev–Trinajstić information content (AvgIpc) is 3.16. The van der Waals surface area contributed by atoms with Gasteiger partial charge in [0.25, 0.3) is 5.91 Å². The first kappa shape index (κ1) is 31.5. The first-order valence-corrected chi connectivity index (χ1v) is 16.4. The first-order valence-electron chi connectivity index (χ1n) is 16.1. The highest BCUT2D eigenvalue weighted by Crippen LogP contribution is 2.28. The van der Waals surface area contributed by atoms with Crippen LogP contribution in [0.2, 0.25) is 5.02 Å². The van der Waals surface area contributed by atoms with Gasteiger partial charge in [-0.25, -0.2) is 0 Å². The highest BCUT2D eigenvalue weighted by atomic mass is 35.5. The van der Waals surface area contributed by atoms with E-state index in [4.69, 9.17) is 11.6 Å². The van der Waals surface area contributed by atoms with E-state index in [1.54, 1.807) is 0 Å². The van der Waals surface area contributed by atoms with Crippen LogP contribution < -0.4 is 10.6 Å². The van der Waals surface area contributed by atoms with Gasteiger partial charge in [0, 0.05) is 47.7 Å². The summed E-state index contributed by atoms with van der Waals surface area (Å²) < 4.78 is 0. The molecule has 0 aliphatic carbocycles. The van der Waals surface area contributed by atoms with E-state index in [0.29, 0.717) is 36.1 Å². The van der Waals surface area contributed by atoms with Gasteiger partial charge in [0.05, 0.1) is 6.04 Å². The molecule has 2 fully saturated rings. The minimum absolute atomic E-state index is 0.00359. The summed E-state index contributed by atoms with van der Waals surface area (Å²) in [5, 5.41) is 9.55. The second-order valence-electron chi connectivity index (χ2n) is 13.0. The molecule has 43 heavy (non-hydrogen) atoms. The van der Waals surface area contributed by atoms with Crippen LogP contribution in [0.5, 0.6) is 0 Å². The smallest absolute Gasteiger partial charge is 0.251 e. The molecule has 3 aromatic rings. The molecule has 2 aliphatic heterocycles. The molecule has 7 heteroatoms. The summed E-state index contributed by atoms with van der Waals surface area (Å²) in [4.78, 5) is 32.1. The van der Waals surface area contributed by atoms with E-state index in [1.807, 2.05) is 42.5 Å². The summed E-state index contributed by atoms with van der Waals surface area (Å²) in [6.45, 7) is 10.8. The second kappa shape index (κ2) is 14.2. The highest BCUT2D eigenvalue weighted by Gasteiger charge is 2.38. The van der Waals surface area contributed by atoms with E-state index in [-0.39, 0.29) is 29.4 Å². The summed E-state index contributed by atoms with van der Waals surface area (Å²) in [6, 6.07) is 21.6. The highest BCUT2D eigenvalue weighted by molar-refractivity contribution is 6.31. The van der Waals surface area contributed by atoms with Crippen LogP contribution >= 0.6 is 11.6 Å². The van der Waals surface area contributed by atoms with Crippen molar-refractivity contribution < 1.29 is 9.59 Å². The van der Waals surface area contributed by atoms with Crippen molar-refractivity contribution in [3.05, 3.63) is 82.9 Å². The maximum absolute atomic E-state index is 14.2. The standard InChI is InChI=1S/C36H47ClN4O2/c1-4-26(27-11-7-5-8-12-27)25-40-20-17-32(39-33(35(40)43)23-36(2,3)41-18-9-6-10-19-41)24-38-34(42)30-14-13-29-22-31(37)16-15-28(29)21-30/h5,7-8,11-16,21-22,26,32-33,39H,4,6,9-10,17-20,23-25H2,1-3H3,(H,38,42)/t26?,32-,33-/m1/s1. The number of piperidine rings is 1. The molecule has 3 atom stereocenters. The van der Waals surface area contributed by atoms with Crippen LogP contribution in [0.1, 0.15) is 81.1 Å². The van der Waals surface area contributed by atoms with Gasteiger partial charge in [0.15, 0.2) is 0 Å². The molecular weight excluding hydrogens is 556 g/mol. The summed E-state index contributed by atoms with van der Waals surface area (Å²) in [6.07, 6.45) is 6.21. The summed E-state index contributed by atoms with van der Waals surface area (Å²) in [5.41, 5.74) is 1.80. The molecule has 0 bridgehead atoms. The number of carbonyl (C=O) groups excluding carboxylic acids is 2. The number of amides is 2. The van der Waals surface area contributed by atoms with Gasteiger partial charge in [-0.05, 0) is 99.6 Å². The van der Waals surface area contributed by atoms with Gasteiger partial charge in [-0.1, -0.05) is 67.4 Å². The van der Waals surface area contributed by atoms with Crippen LogP contribution in [0.3, 0.4) is 0 Å². The SMILES string of the molecule is CCC(CN1CC[C@H](CNC(=O)c2ccc3cc(Cl)ccc3c2)N[C@H](CC(C)(C)N2CCCCC2)C1=O)c1ccccc1. The molecule has 0 radical (unpaired) electrons.